The predicted molar refractivity (Wildman–Crippen MR) is 78.1 cm³/mol. The lowest BCUT2D eigenvalue weighted by molar-refractivity contribution is -0.141. The zero-order chi connectivity index (χ0) is 16.1. The molecule has 0 radical (unpaired) electrons. The van der Waals surface area contributed by atoms with Crippen molar-refractivity contribution in [2.75, 3.05) is 0 Å². The Labute approximate surface area is 134 Å². The minimum absolute atomic E-state index is 0.00358. The molecule has 0 atom stereocenters. The van der Waals surface area contributed by atoms with Crippen LogP contribution < -0.4 is 5.56 Å². The molecule has 3 heterocycles. The van der Waals surface area contributed by atoms with Gasteiger partial charge in [0, 0.05) is 17.1 Å². The third kappa shape index (κ3) is 2.68. The lowest BCUT2D eigenvalue weighted by atomic mass is 10.4. The van der Waals surface area contributed by atoms with Crippen LogP contribution >= 0.6 is 27.3 Å². The van der Waals surface area contributed by atoms with Gasteiger partial charge in [-0.3, -0.25) is 9.48 Å². The molecule has 0 saturated carbocycles. The second-order valence-electron chi connectivity index (χ2n) is 4.55. The molecule has 3 rings (SSSR count). The maximum absolute atomic E-state index is 12.5. The van der Waals surface area contributed by atoms with Gasteiger partial charge in [-0.05, 0) is 28.9 Å². The summed E-state index contributed by atoms with van der Waals surface area (Å²) >= 11 is 4.63. The summed E-state index contributed by atoms with van der Waals surface area (Å²) in [5.41, 5.74) is -0.907. The molecule has 10 heteroatoms. The molecule has 0 aliphatic carbocycles. The van der Waals surface area contributed by atoms with E-state index in [1.54, 1.807) is 0 Å². The van der Waals surface area contributed by atoms with Gasteiger partial charge in [-0.2, -0.15) is 18.3 Å². The van der Waals surface area contributed by atoms with Gasteiger partial charge < -0.3 is 0 Å². The quantitative estimate of drug-likeness (QED) is 0.673. The van der Waals surface area contributed by atoms with E-state index >= 15 is 0 Å². The van der Waals surface area contributed by atoms with Crippen molar-refractivity contribution in [3.05, 3.63) is 49.6 Å². The Kier molecular flexibility index (Phi) is 3.60. The molecule has 0 aliphatic rings. The van der Waals surface area contributed by atoms with E-state index in [4.69, 9.17) is 0 Å². The van der Waals surface area contributed by atoms with Gasteiger partial charge in [0.2, 0.25) is 0 Å². The molecule has 0 bridgehead atoms. The molecule has 0 saturated heterocycles. The molecule has 116 valence electrons. The molecule has 0 fully saturated rings. The zero-order valence-corrected chi connectivity index (χ0v) is 13.5. The van der Waals surface area contributed by atoms with E-state index in [0.717, 1.165) is 15.6 Å². The Morgan fingerprint density at radius 3 is 2.77 bits per heavy atom. The summed E-state index contributed by atoms with van der Waals surface area (Å²) in [5.74, 6) is 0. The van der Waals surface area contributed by atoms with Gasteiger partial charge in [-0.15, -0.1) is 11.3 Å². The normalized spacial score (nSPS) is 12.2. The molecule has 22 heavy (non-hydrogen) atoms. The summed E-state index contributed by atoms with van der Waals surface area (Å²) in [4.78, 5) is 17.7. The van der Waals surface area contributed by atoms with Crippen LogP contribution in [0.5, 0.6) is 0 Å². The molecule has 0 aliphatic heterocycles. The Morgan fingerprint density at radius 1 is 1.41 bits per heavy atom. The summed E-state index contributed by atoms with van der Waals surface area (Å²) in [6.07, 6.45) is -3.28. The van der Waals surface area contributed by atoms with Crippen molar-refractivity contribution in [2.45, 2.75) is 19.6 Å². The van der Waals surface area contributed by atoms with E-state index in [0.29, 0.717) is 15.3 Å². The van der Waals surface area contributed by atoms with Gasteiger partial charge in [-0.1, -0.05) is 0 Å². The number of rotatable bonds is 2. The molecular weight excluding hydrogens is 385 g/mol. The van der Waals surface area contributed by atoms with E-state index < -0.39 is 11.9 Å². The number of nitrogens with zero attached hydrogens (tertiary/aromatic N) is 4. The van der Waals surface area contributed by atoms with E-state index in [-0.39, 0.29) is 12.1 Å². The summed E-state index contributed by atoms with van der Waals surface area (Å²) in [7, 11) is 0. The van der Waals surface area contributed by atoms with Crippen molar-refractivity contribution in [1.82, 2.24) is 19.2 Å². The SMILES string of the molecule is Cc1sc2nc(Cn3ccc(C(F)(F)F)n3)cc(=O)n2c1Br. The van der Waals surface area contributed by atoms with Gasteiger partial charge in [0.25, 0.3) is 5.56 Å². The Morgan fingerprint density at radius 2 is 2.14 bits per heavy atom. The minimum atomic E-state index is -4.49. The number of alkyl halides is 3. The molecule has 0 N–H and O–H groups in total. The number of hydrogen-bond donors (Lipinski definition) is 0. The predicted octanol–water partition coefficient (Wildman–Crippen LogP) is 3.09. The molecule has 3 aromatic rings. The fourth-order valence-electron chi connectivity index (χ4n) is 1.94. The third-order valence-electron chi connectivity index (χ3n) is 2.93. The second-order valence-corrected chi connectivity index (χ2v) is 6.48. The van der Waals surface area contributed by atoms with E-state index in [1.165, 1.54) is 28.0 Å². The number of hydrogen-bond acceptors (Lipinski definition) is 4. The van der Waals surface area contributed by atoms with Crippen LogP contribution in [0.3, 0.4) is 0 Å². The molecular formula is C12H8BrF3N4OS. The largest absolute Gasteiger partial charge is 0.435 e. The van der Waals surface area contributed by atoms with E-state index in [9.17, 15) is 18.0 Å². The van der Waals surface area contributed by atoms with E-state index in [1.807, 2.05) is 6.92 Å². The van der Waals surface area contributed by atoms with Crippen molar-refractivity contribution in [2.24, 2.45) is 0 Å². The topological polar surface area (TPSA) is 52.2 Å². The van der Waals surface area contributed by atoms with Crippen LogP contribution in [0, 0.1) is 6.92 Å². The Balaban J connectivity index is 1.98. The highest BCUT2D eigenvalue weighted by atomic mass is 79.9. The van der Waals surface area contributed by atoms with Crippen LogP contribution in [0.4, 0.5) is 13.2 Å². The van der Waals surface area contributed by atoms with Gasteiger partial charge in [-0.25, -0.2) is 9.38 Å². The average molecular weight is 393 g/mol. The first-order valence-electron chi connectivity index (χ1n) is 6.04. The van der Waals surface area contributed by atoms with Crippen LogP contribution in [0.1, 0.15) is 16.3 Å². The average Bonchev–Trinajstić information content (AvgIpc) is 2.95. The van der Waals surface area contributed by atoms with Gasteiger partial charge >= 0.3 is 6.18 Å². The van der Waals surface area contributed by atoms with Gasteiger partial charge in [0.1, 0.15) is 4.60 Å². The summed E-state index contributed by atoms with van der Waals surface area (Å²) < 4.78 is 40.7. The Bertz CT molecular complexity index is 911. The lowest BCUT2D eigenvalue weighted by Crippen LogP contribution is -2.16. The minimum Gasteiger partial charge on any atom is -0.269 e. The first-order chi connectivity index (χ1) is 10.3. The van der Waals surface area contributed by atoms with Crippen LogP contribution in [0.2, 0.25) is 0 Å². The Hall–Kier alpha value is -1.68. The highest BCUT2D eigenvalue weighted by Crippen LogP contribution is 2.27. The number of aromatic nitrogens is 4. The van der Waals surface area contributed by atoms with E-state index in [2.05, 4.69) is 26.0 Å². The first kappa shape index (κ1) is 15.2. The fourth-order valence-corrected chi connectivity index (χ4v) is 3.53. The molecule has 0 spiro atoms. The van der Waals surface area contributed by atoms with Crippen LogP contribution in [0.15, 0.2) is 27.7 Å². The lowest BCUT2D eigenvalue weighted by Gasteiger charge is -2.03. The van der Waals surface area contributed by atoms with Gasteiger partial charge in [0.05, 0.1) is 12.2 Å². The maximum Gasteiger partial charge on any atom is 0.435 e. The number of halogens is 4. The molecule has 5 nitrogen and oxygen atoms in total. The molecule has 0 aromatic carbocycles. The van der Waals surface area contributed by atoms with Crippen molar-refractivity contribution >= 4 is 32.2 Å². The smallest absolute Gasteiger partial charge is 0.269 e. The number of thiazole rings is 1. The number of aryl methyl sites for hydroxylation is 1. The highest BCUT2D eigenvalue weighted by Gasteiger charge is 2.33. The summed E-state index contributed by atoms with van der Waals surface area (Å²) in [6.45, 7) is 1.84. The van der Waals surface area contributed by atoms with Crippen molar-refractivity contribution in [1.29, 1.82) is 0 Å². The van der Waals surface area contributed by atoms with Crippen molar-refractivity contribution in [3.8, 4) is 0 Å². The highest BCUT2D eigenvalue weighted by molar-refractivity contribution is 9.10. The summed E-state index contributed by atoms with van der Waals surface area (Å²) in [5, 5.41) is 3.45. The standard InChI is InChI=1S/C12H8BrF3N4OS/c1-6-10(13)20-9(21)4-7(17-11(20)22-6)5-19-3-2-8(18-19)12(14,15)16/h2-4H,5H2,1H3. The van der Waals surface area contributed by atoms with Crippen LogP contribution in [-0.4, -0.2) is 19.2 Å². The molecule has 0 amide bonds. The number of fused-ring (bicyclic) bond motifs is 1. The van der Waals surface area contributed by atoms with Gasteiger partial charge in [0.15, 0.2) is 10.7 Å². The van der Waals surface area contributed by atoms with Crippen LogP contribution in [-0.2, 0) is 12.7 Å². The van der Waals surface area contributed by atoms with Crippen molar-refractivity contribution < 1.29 is 13.2 Å². The summed E-state index contributed by atoms with van der Waals surface area (Å²) in [6, 6.07) is 2.18. The maximum atomic E-state index is 12.5. The fraction of sp³-hybridized carbons (Fsp3) is 0.250. The molecule has 0 unspecified atom stereocenters. The third-order valence-corrected chi connectivity index (χ3v) is 5.10. The first-order valence-corrected chi connectivity index (χ1v) is 7.65. The van der Waals surface area contributed by atoms with Crippen molar-refractivity contribution in [3.63, 3.8) is 0 Å². The molecule has 3 aromatic heterocycles. The second kappa shape index (κ2) is 5.20. The zero-order valence-electron chi connectivity index (χ0n) is 11.1. The van der Waals surface area contributed by atoms with Crippen LogP contribution in [0.25, 0.3) is 4.96 Å². The monoisotopic (exact) mass is 392 g/mol.